The number of methoxy groups -OCH3 is 1. The van der Waals surface area contributed by atoms with Crippen molar-refractivity contribution in [2.75, 3.05) is 13.7 Å². The lowest BCUT2D eigenvalue weighted by Gasteiger charge is -2.04. The summed E-state index contributed by atoms with van der Waals surface area (Å²) in [5, 5.41) is 2.83. The van der Waals surface area contributed by atoms with Gasteiger partial charge in [0.2, 0.25) is 0 Å². The fourth-order valence-corrected chi connectivity index (χ4v) is 0.885. The average Bonchev–Trinajstić information content (AvgIpc) is 2.10. The number of carbonyl (C=O) groups excluding carboxylic acids is 1. The summed E-state index contributed by atoms with van der Waals surface area (Å²) in [6.07, 6.45) is 3.02. The van der Waals surface area contributed by atoms with Gasteiger partial charge in [-0.2, -0.15) is 0 Å². The summed E-state index contributed by atoms with van der Waals surface area (Å²) < 4.78 is 4.44. The molecule has 0 heterocycles. The van der Waals surface area contributed by atoms with Crippen molar-refractivity contribution in [2.45, 2.75) is 26.2 Å². The SMILES string of the molecule is CCCCC(=S)NCC(=O)OC. The maximum Gasteiger partial charge on any atom is 0.325 e. The normalized spacial score (nSPS) is 9.17. The van der Waals surface area contributed by atoms with Crippen molar-refractivity contribution in [1.29, 1.82) is 0 Å². The minimum absolute atomic E-state index is 0.180. The predicted molar refractivity (Wildman–Crippen MR) is 52.1 cm³/mol. The number of rotatable bonds is 5. The molecule has 0 aromatic carbocycles. The molecule has 0 saturated heterocycles. The molecule has 0 rings (SSSR count). The second-order valence-corrected chi connectivity index (χ2v) is 2.95. The van der Waals surface area contributed by atoms with Crippen molar-refractivity contribution in [1.82, 2.24) is 5.32 Å². The number of hydrogen-bond acceptors (Lipinski definition) is 3. The van der Waals surface area contributed by atoms with Crippen molar-refractivity contribution in [3.8, 4) is 0 Å². The van der Waals surface area contributed by atoms with Crippen LogP contribution in [0.5, 0.6) is 0 Å². The first-order chi connectivity index (χ1) is 5.70. The highest BCUT2D eigenvalue weighted by atomic mass is 32.1. The summed E-state index contributed by atoms with van der Waals surface area (Å²) in [4.78, 5) is 11.4. The molecule has 0 aromatic rings. The molecule has 4 heteroatoms. The van der Waals surface area contributed by atoms with E-state index in [2.05, 4.69) is 17.0 Å². The zero-order chi connectivity index (χ0) is 9.40. The molecule has 0 bridgehead atoms. The Labute approximate surface area is 78.5 Å². The van der Waals surface area contributed by atoms with Gasteiger partial charge in [-0.05, 0) is 12.8 Å². The molecule has 0 aliphatic rings. The van der Waals surface area contributed by atoms with Crippen molar-refractivity contribution >= 4 is 23.2 Å². The molecule has 0 saturated carbocycles. The minimum atomic E-state index is -0.283. The summed E-state index contributed by atoms with van der Waals surface area (Å²) in [7, 11) is 1.36. The number of esters is 1. The molecule has 0 spiro atoms. The van der Waals surface area contributed by atoms with Gasteiger partial charge in [0.05, 0.1) is 12.1 Å². The summed E-state index contributed by atoms with van der Waals surface area (Å²) in [5.74, 6) is -0.283. The Morgan fingerprint density at radius 1 is 1.58 bits per heavy atom. The van der Waals surface area contributed by atoms with E-state index in [0.717, 1.165) is 24.3 Å². The van der Waals surface area contributed by atoms with Gasteiger partial charge >= 0.3 is 5.97 Å². The third kappa shape index (κ3) is 6.09. The summed E-state index contributed by atoms with van der Waals surface area (Å²) in [6.45, 7) is 2.28. The van der Waals surface area contributed by atoms with Crippen LogP contribution in [0.2, 0.25) is 0 Å². The van der Waals surface area contributed by atoms with Gasteiger partial charge in [-0.25, -0.2) is 0 Å². The lowest BCUT2D eigenvalue weighted by molar-refractivity contribution is -0.139. The molecule has 0 aliphatic heterocycles. The van der Waals surface area contributed by atoms with Crippen LogP contribution in [0.1, 0.15) is 26.2 Å². The zero-order valence-electron chi connectivity index (χ0n) is 7.55. The second kappa shape index (κ2) is 7.03. The Bertz CT molecular complexity index is 159. The van der Waals surface area contributed by atoms with Crippen molar-refractivity contribution in [3.05, 3.63) is 0 Å². The van der Waals surface area contributed by atoms with Gasteiger partial charge in [0, 0.05) is 0 Å². The van der Waals surface area contributed by atoms with Gasteiger partial charge in [0.1, 0.15) is 6.54 Å². The van der Waals surface area contributed by atoms with Crippen LogP contribution in [0.15, 0.2) is 0 Å². The topological polar surface area (TPSA) is 38.3 Å². The fourth-order valence-electron chi connectivity index (χ4n) is 0.669. The third-order valence-corrected chi connectivity index (χ3v) is 1.76. The van der Waals surface area contributed by atoms with Crippen molar-refractivity contribution < 1.29 is 9.53 Å². The molecule has 12 heavy (non-hydrogen) atoms. The molecule has 0 amide bonds. The first-order valence-electron chi connectivity index (χ1n) is 4.04. The van der Waals surface area contributed by atoms with Crippen LogP contribution in [0, 0.1) is 0 Å². The van der Waals surface area contributed by atoms with Crippen LogP contribution in [-0.2, 0) is 9.53 Å². The molecule has 0 atom stereocenters. The number of thiocarbonyl (C=S) groups is 1. The molecule has 0 aliphatic carbocycles. The van der Waals surface area contributed by atoms with E-state index in [1.54, 1.807) is 0 Å². The van der Waals surface area contributed by atoms with Crippen LogP contribution >= 0.6 is 12.2 Å². The highest BCUT2D eigenvalue weighted by molar-refractivity contribution is 7.80. The molecule has 1 N–H and O–H groups in total. The number of unbranched alkanes of at least 4 members (excludes halogenated alkanes) is 1. The van der Waals surface area contributed by atoms with E-state index in [1.807, 2.05) is 0 Å². The Hall–Kier alpha value is -0.640. The number of carbonyl (C=O) groups is 1. The van der Waals surface area contributed by atoms with Gasteiger partial charge < -0.3 is 10.1 Å². The Kier molecular flexibility index (Phi) is 6.66. The van der Waals surface area contributed by atoms with Crippen molar-refractivity contribution in [3.63, 3.8) is 0 Å². The average molecular weight is 189 g/mol. The van der Waals surface area contributed by atoms with E-state index in [4.69, 9.17) is 12.2 Å². The van der Waals surface area contributed by atoms with E-state index in [-0.39, 0.29) is 12.5 Å². The molecular formula is C8H15NO2S. The maximum atomic E-state index is 10.6. The number of hydrogen-bond donors (Lipinski definition) is 1. The minimum Gasteiger partial charge on any atom is -0.468 e. The number of nitrogens with one attached hydrogen (secondary N) is 1. The van der Waals surface area contributed by atoms with Gasteiger partial charge in [0.15, 0.2) is 0 Å². The summed E-state index contributed by atoms with van der Waals surface area (Å²) in [5.41, 5.74) is 0. The van der Waals surface area contributed by atoms with Crippen LogP contribution in [0.25, 0.3) is 0 Å². The Morgan fingerprint density at radius 3 is 2.75 bits per heavy atom. The standard InChI is InChI=1S/C8H15NO2S/c1-3-4-5-7(12)9-6-8(10)11-2/h3-6H2,1-2H3,(H,9,12). The first kappa shape index (κ1) is 11.4. The first-order valence-corrected chi connectivity index (χ1v) is 4.45. The quantitative estimate of drug-likeness (QED) is 0.522. The fraction of sp³-hybridized carbons (Fsp3) is 0.750. The van der Waals surface area contributed by atoms with Gasteiger partial charge in [-0.1, -0.05) is 25.6 Å². The van der Waals surface area contributed by atoms with E-state index < -0.39 is 0 Å². The van der Waals surface area contributed by atoms with Crippen LogP contribution < -0.4 is 5.32 Å². The monoisotopic (exact) mass is 189 g/mol. The van der Waals surface area contributed by atoms with Crippen molar-refractivity contribution in [2.24, 2.45) is 0 Å². The molecule has 0 fully saturated rings. The maximum absolute atomic E-state index is 10.6. The molecular weight excluding hydrogens is 174 g/mol. The molecule has 0 unspecified atom stereocenters. The largest absolute Gasteiger partial charge is 0.468 e. The van der Waals surface area contributed by atoms with E-state index in [9.17, 15) is 4.79 Å². The highest BCUT2D eigenvalue weighted by Gasteiger charge is 2.00. The third-order valence-electron chi connectivity index (χ3n) is 1.41. The highest BCUT2D eigenvalue weighted by Crippen LogP contribution is 1.94. The predicted octanol–water partition coefficient (Wildman–Crippen LogP) is 1.27. The summed E-state index contributed by atoms with van der Waals surface area (Å²) in [6, 6.07) is 0. The molecule has 0 aromatic heterocycles. The van der Waals surface area contributed by atoms with Crippen LogP contribution in [-0.4, -0.2) is 24.6 Å². The van der Waals surface area contributed by atoms with E-state index in [0.29, 0.717) is 0 Å². The van der Waals surface area contributed by atoms with Crippen LogP contribution in [0.4, 0.5) is 0 Å². The summed E-state index contributed by atoms with van der Waals surface area (Å²) >= 11 is 4.97. The Balaban J connectivity index is 3.37. The smallest absolute Gasteiger partial charge is 0.325 e. The van der Waals surface area contributed by atoms with E-state index >= 15 is 0 Å². The molecule has 3 nitrogen and oxygen atoms in total. The number of ether oxygens (including phenoxy) is 1. The van der Waals surface area contributed by atoms with Gasteiger partial charge in [-0.3, -0.25) is 4.79 Å². The Morgan fingerprint density at radius 2 is 2.25 bits per heavy atom. The van der Waals surface area contributed by atoms with Gasteiger partial charge in [-0.15, -0.1) is 0 Å². The molecule has 70 valence electrons. The van der Waals surface area contributed by atoms with Crippen LogP contribution in [0.3, 0.4) is 0 Å². The lowest BCUT2D eigenvalue weighted by atomic mass is 10.2. The zero-order valence-corrected chi connectivity index (χ0v) is 8.37. The van der Waals surface area contributed by atoms with Gasteiger partial charge in [0.25, 0.3) is 0 Å². The van der Waals surface area contributed by atoms with E-state index in [1.165, 1.54) is 7.11 Å². The molecule has 0 radical (unpaired) electrons. The second-order valence-electron chi connectivity index (χ2n) is 2.46. The lowest BCUT2D eigenvalue weighted by Crippen LogP contribution is -2.28.